The number of nitrogens with one attached hydrogen (secondary N) is 1. The number of hydrogen-bond donors (Lipinski definition) is 1. The largest absolute Gasteiger partial charge is 0.379 e. The Morgan fingerprint density at radius 2 is 2.05 bits per heavy atom. The molecule has 1 aliphatic heterocycles. The van der Waals surface area contributed by atoms with Gasteiger partial charge in [0.25, 0.3) is 5.69 Å². The molecule has 0 aliphatic carbocycles. The number of nitrogens with zero attached hydrogens (tertiary/aromatic N) is 3. The van der Waals surface area contributed by atoms with Gasteiger partial charge in [-0.1, -0.05) is 0 Å². The standard InChI is InChI=1S/C11H12N4O5S/c12-8-9-1-2-10(11(7-9)15(16)17)13-21(18,19)14-3-5-20-6-4-14/h1-2,7,13H,3-6H2. The Labute approximate surface area is 121 Å². The second-order valence-electron chi connectivity index (χ2n) is 4.22. The number of hydrogen-bond acceptors (Lipinski definition) is 6. The zero-order valence-electron chi connectivity index (χ0n) is 10.9. The van der Waals surface area contributed by atoms with Crippen LogP contribution in [-0.2, 0) is 14.9 Å². The van der Waals surface area contributed by atoms with E-state index in [4.69, 9.17) is 10.00 Å². The van der Waals surface area contributed by atoms with Gasteiger partial charge in [0.05, 0.1) is 29.8 Å². The zero-order chi connectivity index (χ0) is 15.5. The van der Waals surface area contributed by atoms with Gasteiger partial charge in [-0.3, -0.25) is 14.8 Å². The van der Waals surface area contributed by atoms with Crippen molar-refractivity contribution in [2.75, 3.05) is 31.0 Å². The lowest BCUT2D eigenvalue weighted by atomic mass is 10.2. The van der Waals surface area contributed by atoms with E-state index in [9.17, 15) is 18.5 Å². The van der Waals surface area contributed by atoms with Crippen LogP contribution >= 0.6 is 0 Å². The first-order chi connectivity index (χ1) is 9.94. The van der Waals surface area contributed by atoms with Crippen LogP contribution in [0.3, 0.4) is 0 Å². The van der Waals surface area contributed by atoms with E-state index in [1.54, 1.807) is 6.07 Å². The number of nitro groups is 1. The molecule has 0 spiro atoms. The van der Waals surface area contributed by atoms with Crippen molar-refractivity contribution in [1.29, 1.82) is 5.26 Å². The van der Waals surface area contributed by atoms with Crippen LogP contribution in [0.15, 0.2) is 18.2 Å². The second-order valence-corrected chi connectivity index (χ2v) is 5.89. The van der Waals surface area contributed by atoms with Gasteiger partial charge in [-0.25, -0.2) is 0 Å². The number of nitriles is 1. The van der Waals surface area contributed by atoms with E-state index < -0.39 is 20.8 Å². The first-order valence-corrected chi connectivity index (χ1v) is 7.42. The van der Waals surface area contributed by atoms with Gasteiger partial charge in [0.1, 0.15) is 5.69 Å². The van der Waals surface area contributed by atoms with E-state index >= 15 is 0 Å². The highest BCUT2D eigenvalue weighted by atomic mass is 32.2. The topological polar surface area (TPSA) is 126 Å². The van der Waals surface area contributed by atoms with Gasteiger partial charge in [0.15, 0.2) is 0 Å². The molecule has 112 valence electrons. The van der Waals surface area contributed by atoms with Gasteiger partial charge in [-0.05, 0) is 12.1 Å². The summed E-state index contributed by atoms with van der Waals surface area (Å²) in [4.78, 5) is 10.2. The van der Waals surface area contributed by atoms with E-state index in [1.807, 2.05) is 0 Å². The predicted octanol–water partition coefficient (Wildman–Crippen LogP) is 0.455. The highest BCUT2D eigenvalue weighted by Crippen LogP contribution is 2.27. The molecular formula is C11H12N4O5S. The minimum Gasteiger partial charge on any atom is -0.379 e. The fourth-order valence-electron chi connectivity index (χ4n) is 1.83. The summed E-state index contributed by atoms with van der Waals surface area (Å²) >= 11 is 0. The molecule has 1 heterocycles. The Bertz CT molecular complexity index is 691. The summed E-state index contributed by atoms with van der Waals surface area (Å²) in [5, 5.41) is 19.7. The molecule has 1 fully saturated rings. The van der Waals surface area contributed by atoms with Crippen molar-refractivity contribution in [3.8, 4) is 6.07 Å². The normalized spacial score (nSPS) is 16.1. The smallest absolute Gasteiger partial charge is 0.302 e. The maximum Gasteiger partial charge on any atom is 0.302 e. The minimum atomic E-state index is -3.90. The van der Waals surface area contributed by atoms with Gasteiger partial charge >= 0.3 is 10.2 Å². The molecule has 21 heavy (non-hydrogen) atoms. The van der Waals surface area contributed by atoms with Crippen LogP contribution in [0.1, 0.15) is 5.56 Å². The number of nitro benzene ring substituents is 1. The second kappa shape index (κ2) is 6.04. The van der Waals surface area contributed by atoms with Crippen molar-refractivity contribution in [3.05, 3.63) is 33.9 Å². The van der Waals surface area contributed by atoms with E-state index in [1.165, 1.54) is 12.1 Å². The lowest BCUT2D eigenvalue weighted by Gasteiger charge is -2.26. The lowest BCUT2D eigenvalue weighted by molar-refractivity contribution is -0.383. The fraction of sp³-hybridized carbons (Fsp3) is 0.364. The summed E-state index contributed by atoms with van der Waals surface area (Å²) in [6, 6.07) is 5.30. The highest BCUT2D eigenvalue weighted by Gasteiger charge is 2.27. The summed E-state index contributed by atoms with van der Waals surface area (Å²) in [6.45, 7) is 0.908. The molecule has 0 bridgehead atoms. The van der Waals surface area contributed by atoms with Gasteiger partial charge in [0, 0.05) is 19.2 Å². The molecule has 0 radical (unpaired) electrons. The van der Waals surface area contributed by atoms with Crippen molar-refractivity contribution in [3.63, 3.8) is 0 Å². The number of anilines is 1. The average Bonchev–Trinajstić information content (AvgIpc) is 2.48. The first-order valence-electron chi connectivity index (χ1n) is 5.98. The molecule has 1 aliphatic rings. The van der Waals surface area contributed by atoms with Gasteiger partial charge in [0.2, 0.25) is 0 Å². The predicted molar refractivity (Wildman–Crippen MR) is 72.7 cm³/mol. The van der Waals surface area contributed by atoms with Crippen molar-refractivity contribution in [2.24, 2.45) is 0 Å². The summed E-state index contributed by atoms with van der Waals surface area (Å²) in [5.41, 5.74) is -0.563. The maximum atomic E-state index is 12.2. The Balaban J connectivity index is 2.30. The molecule has 1 saturated heterocycles. The molecule has 0 atom stereocenters. The molecule has 1 aromatic carbocycles. The Morgan fingerprint density at radius 1 is 1.38 bits per heavy atom. The fourth-order valence-corrected chi connectivity index (χ4v) is 3.04. The highest BCUT2D eigenvalue weighted by molar-refractivity contribution is 7.90. The third kappa shape index (κ3) is 3.46. The molecule has 1 N–H and O–H groups in total. The molecule has 0 amide bonds. The monoisotopic (exact) mass is 312 g/mol. The summed E-state index contributed by atoms with van der Waals surface area (Å²) in [7, 11) is -3.90. The quantitative estimate of drug-likeness (QED) is 0.635. The molecule has 0 aromatic heterocycles. The Morgan fingerprint density at radius 3 is 2.62 bits per heavy atom. The number of rotatable bonds is 4. The summed E-state index contributed by atoms with van der Waals surface area (Å²) in [5.74, 6) is 0. The number of ether oxygens (including phenoxy) is 1. The van der Waals surface area contributed by atoms with Crippen molar-refractivity contribution < 1.29 is 18.1 Å². The van der Waals surface area contributed by atoms with Crippen molar-refractivity contribution >= 4 is 21.6 Å². The molecular weight excluding hydrogens is 300 g/mol. The molecule has 2 rings (SSSR count). The average molecular weight is 312 g/mol. The maximum absolute atomic E-state index is 12.2. The van der Waals surface area contributed by atoms with Gasteiger partial charge in [-0.2, -0.15) is 18.0 Å². The zero-order valence-corrected chi connectivity index (χ0v) is 11.7. The van der Waals surface area contributed by atoms with Crippen LogP contribution in [-0.4, -0.2) is 43.9 Å². The van der Waals surface area contributed by atoms with Gasteiger partial charge < -0.3 is 4.74 Å². The van der Waals surface area contributed by atoms with E-state index in [0.717, 1.165) is 10.4 Å². The van der Waals surface area contributed by atoms with Crippen LogP contribution in [0.25, 0.3) is 0 Å². The Kier molecular flexibility index (Phi) is 4.37. The van der Waals surface area contributed by atoms with Crippen molar-refractivity contribution in [2.45, 2.75) is 0 Å². The summed E-state index contributed by atoms with van der Waals surface area (Å²) in [6.07, 6.45) is 0. The summed E-state index contributed by atoms with van der Waals surface area (Å²) < 4.78 is 32.7. The van der Waals surface area contributed by atoms with Crippen molar-refractivity contribution in [1.82, 2.24) is 4.31 Å². The first kappa shape index (κ1) is 15.2. The number of benzene rings is 1. The third-order valence-corrected chi connectivity index (χ3v) is 4.40. The molecule has 1 aromatic rings. The van der Waals surface area contributed by atoms with Crippen LogP contribution < -0.4 is 4.72 Å². The molecule has 0 unspecified atom stereocenters. The van der Waals surface area contributed by atoms with Crippen LogP contribution in [0.5, 0.6) is 0 Å². The van der Waals surface area contributed by atoms with Gasteiger partial charge in [-0.15, -0.1) is 0 Å². The lowest BCUT2D eigenvalue weighted by Crippen LogP contribution is -2.43. The Hall–Kier alpha value is -2.22. The van der Waals surface area contributed by atoms with E-state index in [2.05, 4.69) is 4.72 Å². The van der Waals surface area contributed by atoms with Crippen LogP contribution in [0.2, 0.25) is 0 Å². The SMILES string of the molecule is N#Cc1ccc(NS(=O)(=O)N2CCOCC2)c([N+](=O)[O-])c1. The van der Waals surface area contributed by atoms with Crippen LogP contribution in [0.4, 0.5) is 11.4 Å². The third-order valence-electron chi connectivity index (χ3n) is 2.87. The molecule has 9 nitrogen and oxygen atoms in total. The molecule has 0 saturated carbocycles. The number of morpholine rings is 1. The van der Waals surface area contributed by atoms with E-state index in [-0.39, 0.29) is 37.6 Å². The van der Waals surface area contributed by atoms with Crippen LogP contribution in [0, 0.1) is 21.4 Å². The minimum absolute atomic E-state index is 0.0796. The molecule has 10 heteroatoms. The van der Waals surface area contributed by atoms with E-state index in [0.29, 0.717) is 0 Å².